The van der Waals surface area contributed by atoms with Gasteiger partial charge in [-0.3, -0.25) is 4.79 Å². The number of halogens is 1. The van der Waals surface area contributed by atoms with Crippen molar-refractivity contribution in [1.82, 2.24) is 0 Å². The van der Waals surface area contributed by atoms with Gasteiger partial charge in [-0.2, -0.15) is 0 Å². The van der Waals surface area contributed by atoms with Gasteiger partial charge in [-0.15, -0.1) is 0 Å². The van der Waals surface area contributed by atoms with Crippen molar-refractivity contribution in [3.05, 3.63) is 58.1 Å². The first-order chi connectivity index (χ1) is 10.3. The van der Waals surface area contributed by atoms with Crippen LogP contribution in [0.4, 0.5) is 5.69 Å². The summed E-state index contributed by atoms with van der Waals surface area (Å²) in [5.74, 6) is 0.626. The Morgan fingerprint density at radius 2 is 1.73 bits per heavy atom. The van der Waals surface area contributed by atoms with Gasteiger partial charge in [0, 0.05) is 15.7 Å². The molecule has 0 bridgehead atoms. The highest BCUT2D eigenvalue weighted by atomic mass is 79.9. The molecule has 2 aromatic carbocycles. The molecule has 2 rings (SSSR count). The van der Waals surface area contributed by atoms with Crippen LogP contribution in [-0.4, -0.2) is 13.0 Å². The quantitative estimate of drug-likeness (QED) is 0.834. The van der Waals surface area contributed by atoms with E-state index in [2.05, 4.69) is 42.0 Å². The summed E-state index contributed by atoms with van der Waals surface area (Å²) >= 11 is 3.56. The van der Waals surface area contributed by atoms with Crippen LogP contribution in [0.2, 0.25) is 0 Å². The maximum atomic E-state index is 12.3. The Bertz CT molecular complexity index is 672. The molecule has 0 atom stereocenters. The van der Waals surface area contributed by atoms with Crippen molar-refractivity contribution >= 4 is 27.5 Å². The zero-order valence-electron chi connectivity index (χ0n) is 13.2. The summed E-state index contributed by atoms with van der Waals surface area (Å²) in [6.07, 6.45) is 0. The molecule has 0 spiro atoms. The number of amides is 1. The minimum Gasteiger partial charge on any atom is -0.497 e. The predicted molar refractivity (Wildman–Crippen MR) is 93.8 cm³/mol. The molecule has 0 heterocycles. The largest absolute Gasteiger partial charge is 0.497 e. The van der Waals surface area contributed by atoms with Crippen molar-refractivity contribution in [3.8, 4) is 5.75 Å². The highest BCUT2D eigenvalue weighted by molar-refractivity contribution is 9.10. The van der Waals surface area contributed by atoms with E-state index in [0.29, 0.717) is 5.56 Å². The molecule has 4 heteroatoms. The number of carbonyl (C=O) groups is 1. The number of carbonyl (C=O) groups excluding carboxylic acids is 1. The third-order valence-corrected chi connectivity index (χ3v) is 4.04. The molecule has 0 aliphatic heterocycles. The molecule has 0 fully saturated rings. The highest BCUT2D eigenvalue weighted by Crippen LogP contribution is 2.30. The molecule has 1 N–H and O–H groups in total. The fourth-order valence-electron chi connectivity index (χ4n) is 2.14. The lowest BCUT2D eigenvalue weighted by atomic mass is 9.86. The standard InChI is InChI=1S/C18H20BrNO2/c1-18(2,3)15-10-5-12(11-16(15)19)17(21)20-13-6-8-14(22-4)9-7-13/h5-11H,1-4H3,(H,20,21). The van der Waals surface area contributed by atoms with Crippen molar-refractivity contribution in [2.75, 3.05) is 12.4 Å². The van der Waals surface area contributed by atoms with E-state index in [-0.39, 0.29) is 11.3 Å². The van der Waals surface area contributed by atoms with Gasteiger partial charge in [-0.25, -0.2) is 0 Å². The minimum atomic E-state index is -0.133. The van der Waals surface area contributed by atoms with Crippen LogP contribution in [0.25, 0.3) is 0 Å². The van der Waals surface area contributed by atoms with E-state index < -0.39 is 0 Å². The normalized spacial score (nSPS) is 11.1. The van der Waals surface area contributed by atoms with Crippen LogP contribution < -0.4 is 10.1 Å². The number of hydrogen-bond acceptors (Lipinski definition) is 2. The average molecular weight is 362 g/mol. The van der Waals surface area contributed by atoms with E-state index in [4.69, 9.17) is 4.74 Å². The summed E-state index contributed by atoms with van der Waals surface area (Å²) in [7, 11) is 1.61. The van der Waals surface area contributed by atoms with Crippen molar-refractivity contribution in [2.24, 2.45) is 0 Å². The van der Waals surface area contributed by atoms with Crippen molar-refractivity contribution < 1.29 is 9.53 Å². The smallest absolute Gasteiger partial charge is 0.255 e. The van der Waals surface area contributed by atoms with Gasteiger partial charge in [0.15, 0.2) is 0 Å². The number of benzene rings is 2. The first-order valence-corrected chi connectivity index (χ1v) is 7.86. The number of nitrogens with one attached hydrogen (secondary N) is 1. The Labute approximate surface area is 139 Å². The SMILES string of the molecule is COc1ccc(NC(=O)c2ccc(C(C)(C)C)c(Br)c2)cc1. The zero-order chi connectivity index (χ0) is 16.3. The van der Waals surface area contributed by atoms with E-state index >= 15 is 0 Å². The lowest BCUT2D eigenvalue weighted by Crippen LogP contribution is -2.15. The molecule has 0 unspecified atom stereocenters. The molecule has 1 amide bonds. The van der Waals surface area contributed by atoms with Crippen molar-refractivity contribution in [3.63, 3.8) is 0 Å². The molecule has 0 aromatic heterocycles. The summed E-state index contributed by atoms with van der Waals surface area (Å²) in [5, 5.41) is 2.88. The topological polar surface area (TPSA) is 38.3 Å². The van der Waals surface area contributed by atoms with Gasteiger partial charge in [0.1, 0.15) is 5.75 Å². The highest BCUT2D eigenvalue weighted by Gasteiger charge is 2.18. The van der Waals surface area contributed by atoms with Crippen LogP contribution in [0.5, 0.6) is 5.75 Å². The molecule has 0 saturated heterocycles. The molecule has 0 radical (unpaired) electrons. The van der Waals surface area contributed by atoms with Crippen molar-refractivity contribution in [2.45, 2.75) is 26.2 Å². The summed E-state index contributed by atoms with van der Waals surface area (Å²) in [6.45, 7) is 6.43. The molecule has 22 heavy (non-hydrogen) atoms. The van der Waals surface area contributed by atoms with Gasteiger partial charge in [0.2, 0.25) is 0 Å². The van der Waals surface area contributed by atoms with Crippen LogP contribution in [0.15, 0.2) is 46.9 Å². The van der Waals surface area contributed by atoms with Gasteiger partial charge in [0.25, 0.3) is 5.91 Å². The number of hydrogen-bond donors (Lipinski definition) is 1. The fraction of sp³-hybridized carbons (Fsp3) is 0.278. The number of ether oxygens (including phenoxy) is 1. The van der Waals surface area contributed by atoms with E-state index in [9.17, 15) is 4.79 Å². The van der Waals surface area contributed by atoms with Gasteiger partial charge in [-0.1, -0.05) is 42.8 Å². The van der Waals surface area contributed by atoms with E-state index in [1.807, 2.05) is 42.5 Å². The second-order valence-electron chi connectivity index (χ2n) is 6.13. The molecule has 2 aromatic rings. The number of rotatable bonds is 3. The van der Waals surface area contributed by atoms with E-state index in [1.165, 1.54) is 5.56 Å². The Morgan fingerprint density at radius 3 is 2.23 bits per heavy atom. The van der Waals surface area contributed by atoms with Crippen LogP contribution in [0, 0.1) is 0 Å². The maximum absolute atomic E-state index is 12.3. The Morgan fingerprint density at radius 1 is 1.09 bits per heavy atom. The summed E-state index contributed by atoms with van der Waals surface area (Å²) in [5.41, 5.74) is 2.56. The number of methoxy groups -OCH3 is 1. The number of anilines is 1. The first kappa shape index (κ1) is 16.6. The summed E-state index contributed by atoms with van der Waals surface area (Å²) in [4.78, 5) is 12.3. The van der Waals surface area contributed by atoms with E-state index in [1.54, 1.807) is 7.11 Å². The molecule has 3 nitrogen and oxygen atoms in total. The Kier molecular flexibility index (Phi) is 4.91. The monoisotopic (exact) mass is 361 g/mol. The molecular weight excluding hydrogens is 342 g/mol. The maximum Gasteiger partial charge on any atom is 0.255 e. The van der Waals surface area contributed by atoms with Gasteiger partial charge < -0.3 is 10.1 Å². The third-order valence-electron chi connectivity index (χ3n) is 3.39. The predicted octanol–water partition coefficient (Wildman–Crippen LogP) is 5.01. The molecule has 0 aliphatic carbocycles. The van der Waals surface area contributed by atoms with Crippen LogP contribution in [-0.2, 0) is 5.41 Å². The van der Waals surface area contributed by atoms with Crippen LogP contribution in [0.1, 0.15) is 36.7 Å². The fourth-order valence-corrected chi connectivity index (χ4v) is 3.12. The van der Waals surface area contributed by atoms with Gasteiger partial charge in [0.05, 0.1) is 7.11 Å². The lowest BCUT2D eigenvalue weighted by Gasteiger charge is -2.21. The van der Waals surface area contributed by atoms with Crippen LogP contribution in [0.3, 0.4) is 0 Å². The average Bonchev–Trinajstić information content (AvgIpc) is 2.46. The summed E-state index contributed by atoms with van der Waals surface area (Å²) < 4.78 is 6.05. The lowest BCUT2D eigenvalue weighted by molar-refractivity contribution is 0.102. The summed E-state index contributed by atoms with van der Waals surface area (Å²) in [6, 6.07) is 13.0. The molecule has 0 saturated carbocycles. The second kappa shape index (κ2) is 6.53. The van der Waals surface area contributed by atoms with Gasteiger partial charge in [-0.05, 0) is 47.4 Å². The van der Waals surface area contributed by atoms with E-state index in [0.717, 1.165) is 15.9 Å². The molecular formula is C18H20BrNO2. The first-order valence-electron chi connectivity index (χ1n) is 7.06. The Balaban J connectivity index is 2.17. The van der Waals surface area contributed by atoms with Crippen molar-refractivity contribution in [1.29, 1.82) is 0 Å². The zero-order valence-corrected chi connectivity index (χ0v) is 14.8. The molecule has 116 valence electrons. The van der Waals surface area contributed by atoms with Gasteiger partial charge >= 0.3 is 0 Å². The Hall–Kier alpha value is -1.81. The second-order valence-corrected chi connectivity index (χ2v) is 6.98. The minimum absolute atomic E-state index is 0.0316. The van der Waals surface area contributed by atoms with Crippen LogP contribution >= 0.6 is 15.9 Å². The molecule has 0 aliphatic rings. The third kappa shape index (κ3) is 3.89.